The maximum Gasteiger partial charge on any atom is 0.407 e. The Morgan fingerprint density at radius 3 is 2.59 bits per heavy atom. The summed E-state index contributed by atoms with van der Waals surface area (Å²) >= 11 is 6.68. The van der Waals surface area contributed by atoms with Gasteiger partial charge >= 0.3 is 11.8 Å². The van der Waals surface area contributed by atoms with Crippen LogP contribution in [0.4, 0.5) is 10.6 Å². The van der Waals surface area contributed by atoms with Crippen LogP contribution in [0.15, 0.2) is 17.1 Å². The van der Waals surface area contributed by atoms with E-state index in [0.29, 0.717) is 53.0 Å². The molecule has 1 fully saturated rings. The monoisotopic (exact) mass is 554 g/mol. The lowest BCUT2D eigenvalue weighted by Crippen LogP contribution is -2.64. The maximum atomic E-state index is 14.0. The maximum absolute atomic E-state index is 14.0. The highest BCUT2D eigenvalue weighted by atomic mass is 35.5. The summed E-state index contributed by atoms with van der Waals surface area (Å²) in [5.41, 5.74) is 2.53. The van der Waals surface area contributed by atoms with E-state index in [2.05, 4.69) is 9.97 Å². The van der Waals surface area contributed by atoms with E-state index < -0.39 is 11.8 Å². The minimum atomic E-state index is -0.958. The predicted octanol–water partition coefficient (Wildman–Crippen LogP) is 4.80. The normalized spacial score (nSPS) is 19.5. The van der Waals surface area contributed by atoms with Crippen molar-refractivity contribution in [3.8, 4) is 11.4 Å². The number of carbonyl (C=O) groups is 1. The van der Waals surface area contributed by atoms with Gasteiger partial charge in [0.15, 0.2) is 5.65 Å². The van der Waals surface area contributed by atoms with E-state index in [1.807, 2.05) is 59.4 Å². The van der Waals surface area contributed by atoms with Crippen LogP contribution in [0.25, 0.3) is 16.7 Å². The standard InChI is InChI=1S/C28H35ClN6O4/c1-14(2)19-20(15(3)8-10-30-19)35-25-18(21-17(9-13-39-21)23(29)31-25)24(32-26(35)36)33-11-12-34(27(37)38)22(16(33)4)28(5,6)7/h8,10,14,16,22H,9,11-13H2,1-7H3,(H,37,38)/t16?,22-/m1/s1. The van der Waals surface area contributed by atoms with Gasteiger partial charge in [0, 0.05) is 37.3 Å². The number of aryl methyl sites for hydroxylation is 1. The first-order valence-electron chi connectivity index (χ1n) is 13.3. The fraction of sp³-hybridized carbons (Fsp3) is 0.536. The zero-order valence-electron chi connectivity index (χ0n) is 23.4. The van der Waals surface area contributed by atoms with Crippen molar-refractivity contribution in [2.24, 2.45) is 5.41 Å². The average molecular weight is 555 g/mol. The van der Waals surface area contributed by atoms with Crippen LogP contribution in [0, 0.1) is 12.3 Å². The molecule has 5 heterocycles. The summed E-state index contributed by atoms with van der Waals surface area (Å²) in [4.78, 5) is 43.7. The quantitative estimate of drug-likeness (QED) is 0.459. The van der Waals surface area contributed by atoms with Gasteiger partial charge in [-0.05, 0) is 36.8 Å². The number of piperazine rings is 1. The number of aromatic nitrogens is 4. The molecule has 0 saturated carbocycles. The van der Waals surface area contributed by atoms with Crippen LogP contribution in [-0.4, -0.2) is 67.4 Å². The number of fused-ring (bicyclic) bond motifs is 3. The minimum absolute atomic E-state index is 0.0411. The Morgan fingerprint density at radius 2 is 1.95 bits per heavy atom. The minimum Gasteiger partial charge on any atom is -0.492 e. The molecule has 5 rings (SSSR count). The molecule has 0 spiro atoms. The zero-order valence-corrected chi connectivity index (χ0v) is 24.2. The van der Waals surface area contributed by atoms with Crippen LogP contribution in [0.5, 0.6) is 5.75 Å². The van der Waals surface area contributed by atoms with Crippen molar-refractivity contribution in [1.82, 2.24) is 24.4 Å². The van der Waals surface area contributed by atoms with Gasteiger partial charge in [-0.15, -0.1) is 0 Å². The Hall–Kier alpha value is -3.40. The van der Waals surface area contributed by atoms with Crippen LogP contribution >= 0.6 is 11.6 Å². The average Bonchev–Trinajstić information content (AvgIpc) is 3.33. The van der Waals surface area contributed by atoms with E-state index >= 15 is 0 Å². The molecule has 1 unspecified atom stereocenters. The first-order chi connectivity index (χ1) is 18.3. The smallest absolute Gasteiger partial charge is 0.407 e. The summed E-state index contributed by atoms with van der Waals surface area (Å²) in [7, 11) is 0. The van der Waals surface area contributed by atoms with E-state index in [-0.39, 0.29) is 30.0 Å². The number of nitrogens with zero attached hydrogens (tertiary/aromatic N) is 6. The lowest BCUT2D eigenvalue weighted by atomic mass is 9.80. The van der Waals surface area contributed by atoms with Crippen molar-refractivity contribution in [1.29, 1.82) is 0 Å². The first kappa shape index (κ1) is 27.2. The summed E-state index contributed by atoms with van der Waals surface area (Å²) in [6, 6.07) is 1.24. The molecule has 0 bridgehead atoms. The highest BCUT2D eigenvalue weighted by Crippen LogP contribution is 2.43. The van der Waals surface area contributed by atoms with Crippen LogP contribution in [-0.2, 0) is 6.42 Å². The molecule has 1 saturated heterocycles. The van der Waals surface area contributed by atoms with Crippen molar-refractivity contribution in [3.63, 3.8) is 0 Å². The summed E-state index contributed by atoms with van der Waals surface area (Å²) < 4.78 is 7.63. The van der Waals surface area contributed by atoms with Crippen molar-refractivity contribution in [3.05, 3.63) is 44.7 Å². The van der Waals surface area contributed by atoms with Gasteiger partial charge in [-0.2, -0.15) is 4.98 Å². The Bertz CT molecular complexity index is 1530. The molecular weight excluding hydrogens is 520 g/mol. The number of amides is 1. The molecular formula is C28H35ClN6O4. The van der Waals surface area contributed by atoms with Crippen LogP contribution in [0.3, 0.4) is 0 Å². The Balaban J connectivity index is 1.83. The number of anilines is 1. The number of pyridine rings is 2. The van der Waals surface area contributed by atoms with E-state index in [9.17, 15) is 14.7 Å². The fourth-order valence-electron chi connectivity index (χ4n) is 6.23. The number of hydrogen-bond acceptors (Lipinski definition) is 7. The third-order valence-electron chi connectivity index (χ3n) is 7.80. The fourth-order valence-corrected chi connectivity index (χ4v) is 6.49. The molecule has 3 aromatic heterocycles. The predicted molar refractivity (Wildman–Crippen MR) is 151 cm³/mol. The molecule has 0 radical (unpaired) electrons. The highest BCUT2D eigenvalue weighted by Gasteiger charge is 2.44. The number of carboxylic acid groups (broad SMARTS) is 1. The highest BCUT2D eigenvalue weighted by molar-refractivity contribution is 6.31. The number of hydrogen-bond donors (Lipinski definition) is 1. The van der Waals surface area contributed by atoms with E-state index in [4.69, 9.17) is 21.3 Å². The molecule has 0 aliphatic carbocycles. The molecule has 11 heteroatoms. The van der Waals surface area contributed by atoms with Gasteiger partial charge in [-0.1, -0.05) is 46.2 Å². The first-order valence-corrected chi connectivity index (χ1v) is 13.7. The van der Waals surface area contributed by atoms with Gasteiger partial charge in [0.05, 0.1) is 24.0 Å². The Labute approximate surface area is 232 Å². The van der Waals surface area contributed by atoms with Gasteiger partial charge in [0.1, 0.15) is 22.1 Å². The van der Waals surface area contributed by atoms with E-state index in [0.717, 1.165) is 16.8 Å². The van der Waals surface area contributed by atoms with Gasteiger partial charge in [-0.25, -0.2) is 19.1 Å². The summed E-state index contributed by atoms with van der Waals surface area (Å²) in [6.45, 7) is 15.1. The molecule has 3 aromatic rings. The molecule has 2 aliphatic rings. The summed E-state index contributed by atoms with van der Waals surface area (Å²) in [5.74, 6) is 1.06. The molecule has 208 valence electrons. The van der Waals surface area contributed by atoms with Crippen molar-refractivity contribution in [2.45, 2.75) is 72.9 Å². The second kappa shape index (κ2) is 9.66. The second-order valence-electron chi connectivity index (χ2n) is 11.8. The number of ether oxygens (including phenoxy) is 1. The second-order valence-corrected chi connectivity index (χ2v) is 12.2. The van der Waals surface area contributed by atoms with E-state index in [1.165, 1.54) is 9.47 Å². The molecule has 39 heavy (non-hydrogen) atoms. The molecule has 2 atom stereocenters. The Morgan fingerprint density at radius 1 is 1.23 bits per heavy atom. The number of rotatable bonds is 3. The summed E-state index contributed by atoms with van der Waals surface area (Å²) in [6.07, 6.45) is 1.38. The van der Waals surface area contributed by atoms with Crippen LogP contribution in [0.2, 0.25) is 5.15 Å². The lowest BCUT2D eigenvalue weighted by Gasteiger charge is -2.51. The van der Waals surface area contributed by atoms with Gasteiger partial charge in [0.25, 0.3) is 0 Å². The lowest BCUT2D eigenvalue weighted by molar-refractivity contribution is 0.0562. The Kier molecular flexibility index (Phi) is 6.73. The third-order valence-corrected chi connectivity index (χ3v) is 8.11. The summed E-state index contributed by atoms with van der Waals surface area (Å²) in [5, 5.41) is 10.9. The molecule has 1 N–H and O–H groups in total. The van der Waals surface area contributed by atoms with Gasteiger partial charge in [0.2, 0.25) is 0 Å². The molecule has 1 amide bonds. The van der Waals surface area contributed by atoms with Crippen LogP contribution < -0.4 is 15.3 Å². The van der Waals surface area contributed by atoms with Crippen molar-refractivity contribution in [2.75, 3.05) is 24.6 Å². The third kappa shape index (κ3) is 4.38. The SMILES string of the molecule is Cc1ccnc(C(C)C)c1-n1c(=O)nc(N2CCN(C(=O)O)[C@@H](C(C)(C)C)C2C)c2c3c(c(Cl)nc21)CCO3. The van der Waals surface area contributed by atoms with E-state index in [1.54, 1.807) is 6.20 Å². The van der Waals surface area contributed by atoms with Crippen molar-refractivity contribution < 1.29 is 14.6 Å². The largest absolute Gasteiger partial charge is 0.492 e. The number of halogens is 1. The topological polar surface area (TPSA) is 114 Å². The van der Waals surface area contributed by atoms with Crippen molar-refractivity contribution >= 4 is 34.5 Å². The van der Waals surface area contributed by atoms with Gasteiger partial charge < -0.3 is 19.6 Å². The molecule has 2 aliphatic heterocycles. The zero-order chi connectivity index (χ0) is 28.4. The molecule has 0 aromatic carbocycles. The molecule has 10 nitrogen and oxygen atoms in total. The van der Waals surface area contributed by atoms with Gasteiger partial charge in [-0.3, -0.25) is 4.98 Å². The van der Waals surface area contributed by atoms with Crippen LogP contribution in [0.1, 0.15) is 64.3 Å².